The van der Waals surface area contributed by atoms with Crippen molar-refractivity contribution >= 4 is 11.8 Å². The second-order valence-corrected chi connectivity index (χ2v) is 5.84. The molecular formula is C20H19N3O4. The molecule has 0 saturated carbocycles. The highest BCUT2D eigenvalue weighted by molar-refractivity contribution is 5.97. The largest absolute Gasteiger partial charge is 0.472 e. The third kappa shape index (κ3) is 5.18. The third-order valence-electron chi connectivity index (χ3n) is 3.76. The number of carbonyl (C=O) groups is 2. The quantitative estimate of drug-likeness (QED) is 0.671. The Hall–Kier alpha value is -3.61. The number of ether oxygens (including phenoxy) is 1. The minimum absolute atomic E-state index is 0.290. The Labute approximate surface area is 156 Å². The van der Waals surface area contributed by atoms with Crippen molar-refractivity contribution in [2.75, 3.05) is 0 Å². The van der Waals surface area contributed by atoms with E-state index < -0.39 is 6.04 Å². The highest BCUT2D eigenvalue weighted by Gasteiger charge is 2.17. The fourth-order valence-electron chi connectivity index (χ4n) is 2.31. The van der Waals surface area contributed by atoms with Gasteiger partial charge in [-0.15, -0.1) is 0 Å². The number of hydrogen-bond donors (Lipinski definition) is 2. The number of para-hydroxylation sites is 1. The fraction of sp³-hybridized carbons (Fsp3) is 0.150. The number of furan rings is 1. The highest BCUT2D eigenvalue weighted by atomic mass is 16.5. The van der Waals surface area contributed by atoms with Gasteiger partial charge in [-0.05, 0) is 36.8 Å². The molecule has 3 aromatic rings. The zero-order chi connectivity index (χ0) is 19.1. The molecule has 0 unspecified atom stereocenters. The highest BCUT2D eigenvalue weighted by Crippen LogP contribution is 2.19. The molecule has 138 valence electrons. The maximum Gasteiger partial charge on any atom is 0.255 e. The monoisotopic (exact) mass is 365 g/mol. The van der Waals surface area contributed by atoms with Gasteiger partial charge < -0.3 is 19.8 Å². The standard InChI is InChI=1S/C20H19N3O4/c1-14(23-20(25)16-8-10-26-13-16)19(24)22-12-15-7-9-21-18(11-15)27-17-5-3-2-4-6-17/h2-11,13-14H,12H2,1H3,(H,22,24)(H,23,25)/t14-/m1/s1. The van der Waals surface area contributed by atoms with Gasteiger partial charge in [0.25, 0.3) is 5.91 Å². The van der Waals surface area contributed by atoms with Gasteiger partial charge in [-0.1, -0.05) is 18.2 Å². The summed E-state index contributed by atoms with van der Waals surface area (Å²) < 4.78 is 10.5. The number of rotatable bonds is 7. The molecule has 2 aromatic heterocycles. The molecule has 0 radical (unpaired) electrons. The topological polar surface area (TPSA) is 93.5 Å². The number of nitrogens with zero attached hydrogens (tertiary/aromatic N) is 1. The van der Waals surface area contributed by atoms with Crippen molar-refractivity contribution in [2.45, 2.75) is 19.5 Å². The zero-order valence-corrected chi connectivity index (χ0v) is 14.7. The Bertz CT molecular complexity index is 895. The SMILES string of the molecule is C[C@@H](NC(=O)c1ccoc1)C(=O)NCc1ccnc(Oc2ccccc2)c1. The molecule has 2 heterocycles. The van der Waals surface area contributed by atoms with E-state index in [-0.39, 0.29) is 11.8 Å². The lowest BCUT2D eigenvalue weighted by molar-refractivity contribution is -0.122. The van der Waals surface area contributed by atoms with E-state index in [0.717, 1.165) is 5.56 Å². The molecule has 7 heteroatoms. The predicted molar refractivity (Wildman–Crippen MR) is 98.2 cm³/mol. The van der Waals surface area contributed by atoms with Crippen LogP contribution < -0.4 is 15.4 Å². The molecule has 2 amide bonds. The smallest absolute Gasteiger partial charge is 0.255 e. The van der Waals surface area contributed by atoms with Gasteiger partial charge in [-0.3, -0.25) is 9.59 Å². The van der Waals surface area contributed by atoms with Crippen LogP contribution in [0.4, 0.5) is 0 Å². The van der Waals surface area contributed by atoms with Gasteiger partial charge in [0, 0.05) is 18.8 Å². The number of benzene rings is 1. The van der Waals surface area contributed by atoms with Crippen molar-refractivity contribution < 1.29 is 18.7 Å². The van der Waals surface area contributed by atoms with Crippen LogP contribution in [-0.4, -0.2) is 22.8 Å². The first-order valence-corrected chi connectivity index (χ1v) is 8.40. The molecule has 0 spiro atoms. The van der Waals surface area contributed by atoms with E-state index in [1.54, 1.807) is 25.3 Å². The number of aromatic nitrogens is 1. The Balaban J connectivity index is 1.52. The summed E-state index contributed by atoms with van der Waals surface area (Å²) in [6.07, 6.45) is 4.34. The summed E-state index contributed by atoms with van der Waals surface area (Å²) in [6, 6.07) is 13.7. The summed E-state index contributed by atoms with van der Waals surface area (Å²) in [5, 5.41) is 5.39. The lowest BCUT2D eigenvalue weighted by Gasteiger charge is -2.14. The minimum Gasteiger partial charge on any atom is -0.472 e. The third-order valence-corrected chi connectivity index (χ3v) is 3.76. The Kier molecular flexibility index (Phi) is 5.84. The van der Waals surface area contributed by atoms with Crippen molar-refractivity contribution in [1.82, 2.24) is 15.6 Å². The van der Waals surface area contributed by atoms with E-state index >= 15 is 0 Å². The predicted octanol–water partition coefficient (Wildman–Crippen LogP) is 2.90. The van der Waals surface area contributed by atoms with Gasteiger partial charge >= 0.3 is 0 Å². The second-order valence-electron chi connectivity index (χ2n) is 5.84. The Morgan fingerprint density at radius 3 is 2.74 bits per heavy atom. The van der Waals surface area contributed by atoms with Crippen LogP contribution >= 0.6 is 0 Å². The van der Waals surface area contributed by atoms with E-state index in [1.807, 2.05) is 30.3 Å². The van der Waals surface area contributed by atoms with Crippen LogP contribution in [0.25, 0.3) is 0 Å². The molecule has 0 saturated heterocycles. The van der Waals surface area contributed by atoms with Gasteiger partial charge in [0.15, 0.2) is 0 Å². The Morgan fingerprint density at radius 2 is 2.00 bits per heavy atom. The van der Waals surface area contributed by atoms with Crippen molar-refractivity contribution in [3.63, 3.8) is 0 Å². The van der Waals surface area contributed by atoms with Gasteiger partial charge in [0.2, 0.25) is 11.8 Å². The first-order valence-electron chi connectivity index (χ1n) is 8.40. The van der Waals surface area contributed by atoms with Crippen molar-refractivity contribution in [2.24, 2.45) is 0 Å². The summed E-state index contributed by atoms with van der Waals surface area (Å²) in [4.78, 5) is 28.3. The summed E-state index contributed by atoms with van der Waals surface area (Å²) in [5.74, 6) is 0.457. The maximum atomic E-state index is 12.2. The fourth-order valence-corrected chi connectivity index (χ4v) is 2.31. The molecule has 2 N–H and O–H groups in total. The number of nitrogens with one attached hydrogen (secondary N) is 2. The number of amides is 2. The molecule has 0 fully saturated rings. The van der Waals surface area contributed by atoms with Crippen LogP contribution in [0.2, 0.25) is 0 Å². The second kappa shape index (κ2) is 8.66. The average molecular weight is 365 g/mol. The van der Waals surface area contributed by atoms with E-state index in [4.69, 9.17) is 9.15 Å². The minimum atomic E-state index is -0.686. The molecule has 1 aromatic carbocycles. The summed E-state index contributed by atoms with van der Waals surface area (Å²) >= 11 is 0. The van der Waals surface area contributed by atoms with Crippen molar-refractivity contribution in [3.05, 3.63) is 78.4 Å². The average Bonchev–Trinajstić information content (AvgIpc) is 3.22. The van der Waals surface area contributed by atoms with E-state index in [2.05, 4.69) is 15.6 Å². The molecule has 27 heavy (non-hydrogen) atoms. The summed E-state index contributed by atoms with van der Waals surface area (Å²) in [6.45, 7) is 1.90. The first kappa shape index (κ1) is 18.2. The van der Waals surface area contributed by atoms with E-state index in [9.17, 15) is 9.59 Å². The van der Waals surface area contributed by atoms with Gasteiger partial charge in [0.1, 0.15) is 18.1 Å². The van der Waals surface area contributed by atoms with Gasteiger partial charge in [0.05, 0.1) is 11.8 Å². The molecule has 7 nitrogen and oxygen atoms in total. The van der Waals surface area contributed by atoms with Crippen LogP contribution in [-0.2, 0) is 11.3 Å². The Morgan fingerprint density at radius 1 is 1.19 bits per heavy atom. The molecule has 3 rings (SSSR count). The van der Waals surface area contributed by atoms with Crippen LogP contribution in [0.1, 0.15) is 22.8 Å². The molecule has 0 bridgehead atoms. The molecular weight excluding hydrogens is 346 g/mol. The van der Waals surface area contributed by atoms with E-state index in [1.165, 1.54) is 18.6 Å². The lowest BCUT2D eigenvalue weighted by atomic mass is 10.2. The summed E-state index contributed by atoms with van der Waals surface area (Å²) in [5.41, 5.74) is 1.20. The molecule has 0 aliphatic rings. The first-order chi connectivity index (χ1) is 13.1. The zero-order valence-electron chi connectivity index (χ0n) is 14.7. The van der Waals surface area contributed by atoms with Gasteiger partial charge in [-0.2, -0.15) is 0 Å². The van der Waals surface area contributed by atoms with Crippen molar-refractivity contribution in [3.8, 4) is 11.6 Å². The van der Waals surface area contributed by atoms with Crippen LogP contribution in [0, 0.1) is 0 Å². The number of carbonyl (C=O) groups excluding carboxylic acids is 2. The van der Waals surface area contributed by atoms with Crippen molar-refractivity contribution in [1.29, 1.82) is 0 Å². The molecule has 0 aliphatic heterocycles. The molecule has 1 atom stereocenters. The number of pyridine rings is 1. The normalized spacial score (nSPS) is 11.4. The molecule has 0 aliphatic carbocycles. The van der Waals surface area contributed by atoms with Crippen LogP contribution in [0.5, 0.6) is 11.6 Å². The summed E-state index contributed by atoms with van der Waals surface area (Å²) in [7, 11) is 0. The van der Waals surface area contributed by atoms with Gasteiger partial charge in [-0.25, -0.2) is 4.98 Å². The lowest BCUT2D eigenvalue weighted by Crippen LogP contribution is -2.44. The van der Waals surface area contributed by atoms with Crippen LogP contribution in [0.15, 0.2) is 71.7 Å². The van der Waals surface area contributed by atoms with E-state index in [0.29, 0.717) is 23.7 Å². The number of hydrogen-bond acceptors (Lipinski definition) is 5. The van der Waals surface area contributed by atoms with Crippen LogP contribution in [0.3, 0.4) is 0 Å². The maximum absolute atomic E-state index is 12.2.